The van der Waals surface area contributed by atoms with E-state index >= 15 is 0 Å². The number of aryl methyl sites for hydroxylation is 2. The summed E-state index contributed by atoms with van der Waals surface area (Å²) in [5.41, 5.74) is 8.20. The van der Waals surface area contributed by atoms with Crippen LogP contribution >= 0.6 is 11.6 Å². The monoisotopic (exact) mass is 433 g/mol. The average Bonchev–Trinajstić information content (AvgIpc) is 3.13. The summed E-state index contributed by atoms with van der Waals surface area (Å²) in [6.07, 6.45) is 6.71. The number of nitrogens with two attached hydrogens (primary N) is 1. The molecular formula is C20H28ClN7O2. The van der Waals surface area contributed by atoms with Gasteiger partial charge in [-0.3, -0.25) is 14.3 Å². The molecule has 10 heteroatoms. The van der Waals surface area contributed by atoms with E-state index in [-0.39, 0.29) is 17.1 Å². The second-order valence-corrected chi connectivity index (χ2v) is 8.19. The Hall–Kier alpha value is -2.68. The summed E-state index contributed by atoms with van der Waals surface area (Å²) in [6.45, 7) is 4.97. The van der Waals surface area contributed by atoms with Crippen LogP contribution < -0.4 is 11.1 Å². The number of anilines is 1. The number of nitrogen functional groups attached to an aromatic ring is 1. The topological polar surface area (TPSA) is 119 Å². The SMILES string of the molecule is Cc1nc(Cl)nc(N)c1CCC1CCN(C(=O)[C@H](C)NC(=O)c2cnn(C)c2)CC1. The van der Waals surface area contributed by atoms with E-state index in [1.165, 1.54) is 6.20 Å². The van der Waals surface area contributed by atoms with Crippen molar-refractivity contribution >= 4 is 29.2 Å². The molecule has 0 radical (unpaired) electrons. The van der Waals surface area contributed by atoms with Crippen LogP contribution in [0.3, 0.4) is 0 Å². The Morgan fingerprint density at radius 2 is 2.03 bits per heavy atom. The molecule has 0 aromatic carbocycles. The number of hydrogen-bond acceptors (Lipinski definition) is 6. The summed E-state index contributed by atoms with van der Waals surface area (Å²) in [6, 6.07) is -0.581. The number of rotatable bonds is 6. The first-order valence-electron chi connectivity index (χ1n) is 10.1. The number of aromatic nitrogens is 4. The van der Waals surface area contributed by atoms with Gasteiger partial charge in [-0.15, -0.1) is 0 Å². The molecule has 0 unspecified atom stereocenters. The molecule has 30 heavy (non-hydrogen) atoms. The molecule has 3 rings (SSSR count). The molecule has 1 aliphatic heterocycles. The molecule has 1 atom stereocenters. The quantitative estimate of drug-likeness (QED) is 0.669. The summed E-state index contributed by atoms with van der Waals surface area (Å²) >= 11 is 5.84. The van der Waals surface area contributed by atoms with Crippen LogP contribution in [-0.2, 0) is 18.3 Å². The van der Waals surface area contributed by atoms with E-state index in [2.05, 4.69) is 20.4 Å². The van der Waals surface area contributed by atoms with Gasteiger partial charge in [0.25, 0.3) is 5.91 Å². The lowest BCUT2D eigenvalue weighted by molar-refractivity contribution is -0.134. The second-order valence-electron chi connectivity index (χ2n) is 7.85. The summed E-state index contributed by atoms with van der Waals surface area (Å²) in [7, 11) is 1.74. The van der Waals surface area contributed by atoms with Crippen LogP contribution in [0.15, 0.2) is 12.4 Å². The number of likely N-dealkylation sites (tertiary alicyclic amines) is 1. The zero-order chi connectivity index (χ0) is 21.8. The first-order chi connectivity index (χ1) is 14.2. The molecule has 3 N–H and O–H groups in total. The van der Waals surface area contributed by atoms with Gasteiger partial charge >= 0.3 is 0 Å². The molecular weight excluding hydrogens is 406 g/mol. The lowest BCUT2D eigenvalue weighted by Gasteiger charge is -2.33. The molecule has 9 nitrogen and oxygen atoms in total. The van der Waals surface area contributed by atoms with E-state index in [1.54, 1.807) is 24.9 Å². The predicted molar refractivity (Wildman–Crippen MR) is 114 cm³/mol. The number of hydrogen-bond donors (Lipinski definition) is 2. The minimum atomic E-state index is -0.581. The van der Waals surface area contributed by atoms with Crippen molar-refractivity contribution in [1.82, 2.24) is 30.0 Å². The van der Waals surface area contributed by atoms with Crippen LogP contribution in [-0.4, -0.2) is 55.6 Å². The predicted octanol–water partition coefficient (Wildman–Crippen LogP) is 1.74. The largest absolute Gasteiger partial charge is 0.383 e. The van der Waals surface area contributed by atoms with Crippen molar-refractivity contribution in [1.29, 1.82) is 0 Å². The van der Waals surface area contributed by atoms with Crippen molar-refractivity contribution in [3.8, 4) is 0 Å². The van der Waals surface area contributed by atoms with Gasteiger partial charge in [-0.25, -0.2) is 9.97 Å². The van der Waals surface area contributed by atoms with E-state index in [1.807, 2.05) is 11.8 Å². The zero-order valence-corrected chi connectivity index (χ0v) is 18.3. The van der Waals surface area contributed by atoms with Gasteiger partial charge in [0, 0.05) is 37.6 Å². The van der Waals surface area contributed by atoms with Crippen LogP contribution in [0, 0.1) is 12.8 Å². The molecule has 1 fully saturated rings. The van der Waals surface area contributed by atoms with Crippen molar-refractivity contribution in [3.63, 3.8) is 0 Å². The number of halogens is 1. The maximum atomic E-state index is 12.7. The van der Waals surface area contributed by atoms with Crippen molar-refractivity contribution < 1.29 is 9.59 Å². The van der Waals surface area contributed by atoms with Crippen LogP contribution in [0.4, 0.5) is 5.82 Å². The molecule has 2 aromatic rings. The minimum absolute atomic E-state index is 0.0584. The Kier molecular flexibility index (Phi) is 6.91. The minimum Gasteiger partial charge on any atom is -0.383 e. The second kappa shape index (κ2) is 9.42. The number of nitrogens with one attached hydrogen (secondary N) is 1. The number of carbonyl (C=O) groups is 2. The average molecular weight is 434 g/mol. The van der Waals surface area contributed by atoms with E-state index < -0.39 is 6.04 Å². The highest BCUT2D eigenvalue weighted by molar-refractivity contribution is 6.28. The van der Waals surface area contributed by atoms with E-state index in [0.717, 1.165) is 36.9 Å². The number of piperidine rings is 1. The number of amides is 2. The molecule has 162 valence electrons. The Bertz CT molecular complexity index is 899. The van der Waals surface area contributed by atoms with Gasteiger partial charge < -0.3 is 16.0 Å². The van der Waals surface area contributed by atoms with Gasteiger partial charge in [0.2, 0.25) is 11.2 Å². The van der Waals surface area contributed by atoms with Gasteiger partial charge in [-0.05, 0) is 57.0 Å². The first-order valence-corrected chi connectivity index (χ1v) is 10.5. The van der Waals surface area contributed by atoms with Gasteiger partial charge in [-0.2, -0.15) is 5.10 Å². The molecule has 3 heterocycles. The van der Waals surface area contributed by atoms with Gasteiger partial charge in [0.1, 0.15) is 11.9 Å². The normalized spacial score (nSPS) is 15.8. The third kappa shape index (κ3) is 5.27. The fourth-order valence-corrected chi connectivity index (χ4v) is 4.05. The van der Waals surface area contributed by atoms with Crippen molar-refractivity contribution in [2.75, 3.05) is 18.8 Å². The Labute approximate surface area is 181 Å². The summed E-state index contributed by atoms with van der Waals surface area (Å²) < 4.78 is 1.55. The van der Waals surface area contributed by atoms with E-state index in [4.69, 9.17) is 17.3 Å². The highest BCUT2D eigenvalue weighted by Crippen LogP contribution is 2.25. The van der Waals surface area contributed by atoms with Crippen LogP contribution in [0.2, 0.25) is 5.28 Å². The van der Waals surface area contributed by atoms with Crippen molar-refractivity contribution in [2.24, 2.45) is 13.0 Å². The molecule has 2 aromatic heterocycles. The maximum Gasteiger partial charge on any atom is 0.255 e. The third-order valence-corrected chi connectivity index (χ3v) is 5.80. The van der Waals surface area contributed by atoms with Crippen LogP contribution in [0.1, 0.15) is 47.8 Å². The van der Waals surface area contributed by atoms with Gasteiger partial charge in [0.15, 0.2) is 0 Å². The molecule has 1 aliphatic rings. The summed E-state index contributed by atoms with van der Waals surface area (Å²) in [5, 5.41) is 6.91. The molecule has 0 saturated carbocycles. The molecule has 2 amide bonds. The van der Waals surface area contributed by atoms with Gasteiger partial charge in [-0.1, -0.05) is 0 Å². The lowest BCUT2D eigenvalue weighted by Crippen LogP contribution is -2.49. The fourth-order valence-electron chi connectivity index (χ4n) is 3.84. The van der Waals surface area contributed by atoms with Gasteiger partial charge in [0.05, 0.1) is 11.8 Å². The van der Waals surface area contributed by atoms with E-state index in [9.17, 15) is 9.59 Å². The smallest absolute Gasteiger partial charge is 0.255 e. The summed E-state index contributed by atoms with van der Waals surface area (Å²) in [5.74, 6) is 0.593. The third-order valence-electron chi connectivity index (χ3n) is 5.63. The Morgan fingerprint density at radius 3 is 2.63 bits per heavy atom. The molecule has 0 aliphatic carbocycles. The zero-order valence-electron chi connectivity index (χ0n) is 17.6. The number of nitrogens with zero attached hydrogens (tertiary/aromatic N) is 5. The first kappa shape index (κ1) is 22.0. The number of carbonyl (C=O) groups excluding carboxylic acids is 2. The van der Waals surface area contributed by atoms with E-state index in [0.29, 0.717) is 30.4 Å². The molecule has 0 bridgehead atoms. The molecule has 0 spiro atoms. The maximum absolute atomic E-state index is 12.7. The standard InChI is InChI=1S/C20H28ClN7O2/c1-12-16(17(22)26-20(21)25-12)5-4-14-6-8-28(9-7-14)19(30)13(2)24-18(29)15-10-23-27(3)11-15/h10-11,13-14H,4-9H2,1-3H3,(H,24,29)(H2,22,25,26)/t13-/m0/s1. The summed E-state index contributed by atoms with van der Waals surface area (Å²) in [4.78, 5) is 35.0. The Morgan fingerprint density at radius 1 is 1.33 bits per heavy atom. The highest BCUT2D eigenvalue weighted by Gasteiger charge is 2.27. The van der Waals surface area contributed by atoms with Crippen molar-refractivity contribution in [3.05, 3.63) is 34.5 Å². The van der Waals surface area contributed by atoms with Crippen LogP contribution in [0.5, 0.6) is 0 Å². The highest BCUT2D eigenvalue weighted by atomic mass is 35.5. The van der Waals surface area contributed by atoms with Crippen molar-refractivity contribution in [2.45, 2.75) is 45.6 Å². The van der Waals surface area contributed by atoms with Crippen LogP contribution in [0.25, 0.3) is 0 Å². The lowest BCUT2D eigenvalue weighted by atomic mass is 9.90. The fraction of sp³-hybridized carbons (Fsp3) is 0.550. The molecule has 1 saturated heterocycles. The Balaban J connectivity index is 1.46.